The Balaban J connectivity index is 2.05. The normalized spacial score (nSPS) is 11.9. The van der Waals surface area contributed by atoms with Gasteiger partial charge in [0, 0.05) is 13.6 Å². The Labute approximate surface area is 210 Å². The summed E-state index contributed by atoms with van der Waals surface area (Å²) in [6.07, 6.45) is 0. The van der Waals surface area contributed by atoms with Crippen molar-refractivity contribution in [2.45, 2.75) is 24.4 Å². The maximum atomic E-state index is 13.7. The lowest BCUT2D eigenvalue weighted by Crippen LogP contribution is -2.50. The predicted molar refractivity (Wildman–Crippen MR) is 134 cm³/mol. The first-order valence-electron chi connectivity index (χ1n) is 11.2. The van der Waals surface area contributed by atoms with Crippen molar-refractivity contribution in [3.8, 4) is 5.75 Å². The summed E-state index contributed by atoms with van der Waals surface area (Å²) in [6, 6.07) is 18.8. The molecule has 3 aromatic carbocycles. The number of ether oxygens (including phenoxy) is 1. The molecule has 1 atom stereocenters. The summed E-state index contributed by atoms with van der Waals surface area (Å²) in [5, 5.41) is 2.51. The zero-order valence-electron chi connectivity index (χ0n) is 20.2. The Hall–Kier alpha value is -3.92. The second-order valence-corrected chi connectivity index (χ2v) is 9.80. The van der Waals surface area contributed by atoms with Crippen LogP contribution in [-0.2, 0) is 26.2 Å². The van der Waals surface area contributed by atoms with Crippen LogP contribution < -0.4 is 14.4 Å². The summed E-state index contributed by atoms with van der Waals surface area (Å²) in [7, 11) is -1.34. The Morgan fingerprint density at radius 2 is 1.58 bits per heavy atom. The van der Waals surface area contributed by atoms with E-state index < -0.39 is 40.2 Å². The number of methoxy groups -OCH3 is 1. The van der Waals surface area contributed by atoms with Gasteiger partial charge in [-0.2, -0.15) is 0 Å². The standard InChI is InChI=1S/C26H28FN3O5S/c1-19(26(32)28-2)29(17-20-13-15-21(27)16-14-20)25(31)18-30(23-11-7-8-12-24(23)35-3)36(33,34)22-9-5-4-6-10-22/h4-16,19H,17-18H2,1-3H3,(H,28,32)/t19-/m1/s1. The van der Waals surface area contributed by atoms with Gasteiger partial charge in [0.15, 0.2) is 0 Å². The molecule has 36 heavy (non-hydrogen) atoms. The van der Waals surface area contributed by atoms with Crippen LogP contribution in [0.3, 0.4) is 0 Å². The van der Waals surface area contributed by atoms with Crippen LogP contribution >= 0.6 is 0 Å². The molecular weight excluding hydrogens is 485 g/mol. The highest BCUT2D eigenvalue weighted by molar-refractivity contribution is 7.92. The number of amides is 2. The number of hydrogen-bond acceptors (Lipinski definition) is 5. The Bertz CT molecular complexity index is 1300. The van der Waals surface area contributed by atoms with Crippen molar-refractivity contribution in [1.29, 1.82) is 0 Å². The third kappa shape index (κ3) is 6.01. The predicted octanol–water partition coefficient (Wildman–Crippen LogP) is 3.19. The van der Waals surface area contributed by atoms with Gasteiger partial charge in [0.25, 0.3) is 10.0 Å². The lowest BCUT2D eigenvalue weighted by atomic mass is 10.1. The molecule has 3 aromatic rings. The minimum absolute atomic E-state index is 0.00635. The molecular formula is C26H28FN3O5S. The first-order valence-corrected chi connectivity index (χ1v) is 12.6. The van der Waals surface area contributed by atoms with E-state index in [1.807, 2.05) is 0 Å². The number of para-hydroxylation sites is 2. The largest absolute Gasteiger partial charge is 0.495 e. The Morgan fingerprint density at radius 3 is 2.19 bits per heavy atom. The second-order valence-electron chi connectivity index (χ2n) is 7.93. The molecule has 0 aliphatic carbocycles. The van der Waals surface area contributed by atoms with Crippen LogP contribution in [0.2, 0.25) is 0 Å². The molecule has 3 rings (SSSR count). The van der Waals surface area contributed by atoms with E-state index in [1.165, 1.54) is 55.5 Å². The van der Waals surface area contributed by atoms with Gasteiger partial charge < -0.3 is 15.0 Å². The Morgan fingerprint density at radius 1 is 0.972 bits per heavy atom. The molecule has 8 nitrogen and oxygen atoms in total. The van der Waals surface area contributed by atoms with Crippen LogP contribution in [0, 0.1) is 5.82 Å². The molecule has 190 valence electrons. The third-order valence-corrected chi connectivity index (χ3v) is 7.42. The van der Waals surface area contributed by atoms with E-state index in [9.17, 15) is 22.4 Å². The van der Waals surface area contributed by atoms with Crippen molar-refractivity contribution in [2.24, 2.45) is 0 Å². The first-order chi connectivity index (χ1) is 17.2. The van der Waals surface area contributed by atoms with E-state index in [0.29, 0.717) is 5.56 Å². The molecule has 0 saturated heterocycles. The Kier molecular flexibility index (Phi) is 8.65. The maximum Gasteiger partial charge on any atom is 0.264 e. The van der Waals surface area contributed by atoms with Crippen LogP contribution in [0.4, 0.5) is 10.1 Å². The zero-order chi connectivity index (χ0) is 26.3. The van der Waals surface area contributed by atoms with E-state index in [1.54, 1.807) is 49.4 Å². The number of rotatable bonds is 10. The summed E-state index contributed by atoms with van der Waals surface area (Å²) >= 11 is 0. The second kappa shape index (κ2) is 11.7. The van der Waals surface area contributed by atoms with Crippen molar-refractivity contribution < 1.29 is 27.1 Å². The van der Waals surface area contributed by atoms with Crippen LogP contribution in [0.1, 0.15) is 12.5 Å². The van der Waals surface area contributed by atoms with Gasteiger partial charge in [-0.1, -0.05) is 42.5 Å². The average Bonchev–Trinajstić information content (AvgIpc) is 2.90. The molecule has 0 unspecified atom stereocenters. The van der Waals surface area contributed by atoms with E-state index >= 15 is 0 Å². The number of nitrogens with one attached hydrogen (secondary N) is 1. The fourth-order valence-corrected chi connectivity index (χ4v) is 5.09. The molecule has 0 bridgehead atoms. The molecule has 10 heteroatoms. The summed E-state index contributed by atoms with van der Waals surface area (Å²) in [5.41, 5.74) is 0.752. The lowest BCUT2D eigenvalue weighted by Gasteiger charge is -2.32. The van der Waals surface area contributed by atoms with Gasteiger partial charge in [0.1, 0.15) is 24.2 Å². The van der Waals surface area contributed by atoms with Crippen LogP contribution in [0.25, 0.3) is 0 Å². The van der Waals surface area contributed by atoms with Crippen molar-refractivity contribution in [3.05, 3.63) is 90.2 Å². The van der Waals surface area contributed by atoms with Crippen LogP contribution in [0.15, 0.2) is 83.8 Å². The molecule has 0 fully saturated rings. The van der Waals surface area contributed by atoms with Gasteiger partial charge in [0.2, 0.25) is 11.8 Å². The SMILES string of the molecule is CNC(=O)[C@@H](C)N(Cc1ccc(F)cc1)C(=O)CN(c1ccccc1OC)S(=O)(=O)c1ccccc1. The number of likely N-dealkylation sites (N-methyl/N-ethyl adjacent to an activating group) is 1. The van der Waals surface area contributed by atoms with E-state index in [-0.39, 0.29) is 22.9 Å². The van der Waals surface area contributed by atoms with Gasteiger partial charge >= 0.3 is 0 Å². The molecule has 0 saturated carbocycles. The highest BCUT2D eigenvalue weighted by Crippen LogP contribution is 2.32. The quantitative estimate of drug-likeness (QED) is 0.449. The number of carbonyl (C=O) groups excluding carboxylic acids is 2. The molecule has 0 aliphatic heterocycles. The lowest BCUT2D eigenvalue weighted by molar-refractivity contribution is -0.139. The topological polar surface area (TPSA) is 96.0 Å². The molecule has 0 aromatic heterocycles. The number of hydrogen-bond donors (Lipinski definition) is 1. The van der Waals surface area contributed by atoms with Crippen LogP contribution in [0.5, 0.6) is 5.75 Å². The van der Waals surface area contributed by atoms with Crippen LogP contribution in [-0.4, -0.2) is 51.9 Å². The minimum Gasteiger partial charge on any atom is -0.495 e. The number of sulfonamides is 1. The van der Waals surface area contributed by atoms with E-state index in [4.69, 9.17) is 4.74 Å². The number of carbonyl (C=O) groups is 2. The summed E-state index contributed by atoms with van der Waals surface area (Å²) in [6.45, 7) is 0.915. The molecule has 0 radical (unpaired) electrons. The number of nitrogens with zero attached hydrogens (tertiary/aromatic N) is 2. The molecule has 0 aliphatic rings. The van der Waals surface area contributed by atoms with Gasteiger partial charge in [-0.15, -0.1) is 0 Å². The monoisotopic (exact) mass is 513 g/mol. The van der Waals surface area contributed by atoms with Gasteiger partial charge in [-0.25, -0.2) is 12.8 Å². The molecule has 0 heterocycles. The zero-order valence-corrected chi connectivity index (χ0v) is 21.0. The van der Waals surface area contributed by atoms with Crippen molar-refractivity contribution in [2.75, 3.05) is 25.0 Å². The molecule has 2 amide bonds. The molecule has 0 spiro atoms. The van der Waals surface area contributed by atoms with E-state index in [2.05, 4.69) is 5.32 Å². The van der Waals surface area contributed by atoms with Crippen molar-refractivity contribution in [3.63, 3.8) is 0 Å². The fourth-order valence-electron chi connectivity index (χ4n) is 3.65. The summed E-state index contributed by atoms with van der Waals surface area (Å²) in [4.78, 5) is 27.4. The smallest absolute Gasteiger partial charge is 0.264 e. The summed E-state index contributed by atoms with van der Waals surface area (Å²) < 4.78 is 47.2. The fraction of sp³-hybridized carbons (Fsp3) is 0.231. The first kappa shape index (κ1) is 26.7. The van der Waals surface area contributed by atoms with Gasteiger partial charge in [-0.3, -0.25) is 13.9 Å². The minimum atomic E-state index is -4.19. The molecule has 1 N–H and O–H groups in total. The van der Waals surface area contributed by atoms with Gasteiger partial charge in [-0.05, 0) is 48.9 Å². The third-order valence-electron chi connectivity index (χ3n) is 5.64. The van der Waals surface area contributed by atoms with E-state index in [0.717, 1.165) is 4.31 Å². The van der Waals surface area contributed by atoms with Crippen molar-refractivity contribution in [1.82, 2.24) is 10.2 Å². The summed E-state index contributed by atoms with van der Waals surface area (Å²) in [5.74, 6) is -1.23. The highest BCUT2D eigenvalue weighted by Gasteiger charge is 2.33. The number of anilines is 1. The van der Waals surface area contributed by atoms with Gasteiger partial charge in [0.05, 0.1) is 17.7 Å². The highest BCUT2D eigenvalue weighted by atomic mass is 32.2. The average molecular weight is 514 g/mol. The number of benzene rings is 3. The van der Waals surface area contributed by atoms with Crippen molar-refractivity contribution >= 4 is 27.5 Å². The maximum absolute atomic E-state index is 13.7. The number of halogens is 1.